The summed E-state index contributed by atoms with van der Waals surface area (Å²) in [5, 5.41) is 3.42. The second kappa shape index (κ2) is 3.46. The third-order valence-corrected chi connectivity index (χ3v) is 2.67. The van der Waals surface area contributed by atoms with E-state index >= 15 is 0 Å². The molecule has 1 aliphatic rings. The van der Waals surface area contributed by atoms with E-state index < -0.39 is 0 Å². The van der Waals surface area contributed by atoms with Gasteiger partial charge in [0.15, 0.2) is 0 Å². The molecule has 2 rings (SSSR count). The van der Waals surface area contributed by atoms with Gasteiger partial charge in [-0.15, -0.1) is 0 Å². The molecule has 0 aliphatic carbocycles. The predicted octanol–water partition coefficient (Wildman–Crippen LogP) is 2.42. The van der Waals surface area contributed by atoms with E-state index in [0.717, 1.165) is 19.4 Å². The Bertz CT molecular complexity index is 309. The molecule has 1 atom stereocenters. The summed E-state index contributed by atoms with van der Waals surface area (Å²) >= 11 is 0. The summed E-state index contributed by atoms with van der Waals surface area (Å²) in [5.74, 6) is -0.115. The van der Waals surface area contributed by atoms with Gasteiger partial charge in [-0.05, 0) is 42.6 Å². The van der Waals surface area contributed by atoms with Crippen LogP contribution in [0.3, 0.4) is 0 Å². The summed E-state index contributed by atoms with van der Waals surface area (Å²) in [4.78, 5) is 0. The molecule has 1 aromatic rings. The maximum absolute atomic E-state index is 12.9. The largest absolute Gasteiger partial charge is 0.310 e. The summed E-state index contributed by atoms with van der Waals surface area (Å²) in [5.41, 5.74) is 2.45. The maximum atomic E-state index is 12.9. The van der Waals surface area contributed by atoms with Gasteiger partial charge in [-0.25, -0.2) is 4.39 Å². The molecule has 0 bridgehead atoms. The first-order valence-corrected chi connectivity index (χ1v) is 4.83. The van der Waals surface area contributed by atoms with Crippen molar-refractivity contribution >= 4 is 0 Å². The predicted molar refractivity (Wildman–Crippen MR) is 51.1 cm³/mol. The Labute approximate surface area is 78.0 Å². The van der Waals surface area contributed by atoms with Gasteiger partial charge >= 0.3 is 0 Å². The van der Waals surface area contributed by atoms with Gasteiger partial charge in [-0.2, -0.15) is 0 Å². The van der Waals surface area contributed by atoms with Gasteiger partial charge in [0.25, 0.3) is 0 Å². The van der Waals surface area contributed by atoms with E-state index in [2.05, 4.69) is 12.2 Å². The van der Waals surface area contributed by atoms with Crippen LogP contribution in [0.5, 0.6) is 0 Å². The first kappa shape index (κ1) is 8.70. The second-order valence-electron chi connectivity index (χ2n) is 3.51. The lowest BCUT2D eigenvalue weighted by atomic mass is 9.93. The molecule has 1 heterocycles. The molecule has 1 aliphatic heterocycles. The fraction of sp³-hybridized carbons (Fsp3) is 0.455. The fourth-order valence-electron chi connectivity index (χ4n) is 1.99. The molecule has 1 N–H and O–H groups in total. The van der Waals surface area contributed by atoms with Gasteiger partial charge in [0.1, 0.15) is 5.82 Å². The Kier molecular flexibility index (Phi) is 2.32. The van der Waals surface area contributed by atoms with Crippen molar-refractivity contribution in [3.8, 4) is 0 Å². The van der Waals surface area contributed by atoms with Crippen LogP contribution in [0.4, 0.5) is 4.39 Å². The molecule has 1 aromatic carbocycles. The van der Waals surface area contributed by atoms with E-state index in [1.807, 2.05) is 6.07 Å². The van der Waals surface area contributed by atoms with Crippen LogP contribution in [0.15, 0.2) is 18.2 Å². The molecular formula is C11H14FN. The average Bonchev–Trinajstić information content (AvgIpc) is 2.16. The molecule has 0 amide bonds. The zero-order valence-corrected chi connectivity index (χ0v) is 7.81. The first-order chi connectivity index (χ1) is 6.31. The van der Waals surface area contributed by atoms with Crippen molar-refractivity contribution in [1.82, 2.24) is 5.32 Å². The molecule has 0 saturated heterocycles. The van der Waals surface area contributed by atoms with Gasteiger partial charge in [-0.3, -0.25) is 0 Å². The quantitative estimate of drug-likeness (QED) is 0.698. The minimum Gasteiger partial charge on any atom is -0.310 e. The number of nitrogens with one attached hydrogen (secondary N) is 1. The smallest absolute Gasteiger partial charge is 0.123 e. The normalized spacial score (nSPS) is 21.2. The van der Waals surface area contributed by atoms with Crippen molar-refractivity contribution in [3.05, 3.63) is 35.1 Å². The number of hydrogen-bond acceptors (Lipinski definition) is 1. The number of rotatable bonds is 1. The summed E-state index contributed by atoms with van der Waals surface area (Å²) < 4.78 is 12.9. The summed E-state index contributed by atoms with van der Waals surface area (Å²) in [6.07, 6.45) is 2.02. The van der Waals surface area contributed by atoms with Crippen LogP contribution in [0, 0.1) is 5.82 Å². The molecule has 0 fully saturated rings. The highest BCUT2D eigenvalue weighted by Crippen LogP contribution is 2.25. The molecule has 1 nitrogen and oxygen atoms in total. The Balaban J connectivity index is 2.40. The molecule has 0 spiro atoms. The number of halogens is 1. The number of benzene rings is 1. The van der Waals surface area contributed by atoms with E-state index in [9.17, 15) is 4.39 Å². The zero-order chi connectivity index (χ0) is 9.26. The number of fused-ring (bicyclic) bond motifs is 1. The van der Waals surface area contributed by atoms with Gasteiger partial charge in [0, 0.05) is 6.04 Å². The van der Waals surface area contributed by atoms with Crippen molar-refractivity contribution in [1.29, 1.82) is 0 Å². The van der Waals surface area contributed by atoms with E-state index in [0.29, 0.717) is 6.04 Å². The highest BCUT2D eigenvalue weighted by molar-refractivity contribution is 5.32. The summed E-state index contributed by atoms with van der Waals surface area (Å²) in [7, 11) is 0. The van der Waals surface area contributed by atoms with Gasteiger partial charge in [0.05, 0.1) is 0 Å². The Hall–Kier alpha value is -0.890. The molecule has 2 heteroatoms. The Morgan fingerprint density at radius 3 is 3.15 bits per heavy atom. The lowest BCUT2D eigenvalue weighted by Crippen LogP contribution is -2.29. The van der Waals surface area contributed by atoms with E-state index in [1.165, 1.54) is 11.1 Å². The van der Waals surface area contributed by atoms with Crippen LogP contribution in [0.1, 0.15) is 30.5 Å². The van der Waals surface area contributed by atoms with Crippen LogP contribution in [-0.2, 0) is 6.42 Å². The minimum atomic E-state index is -0.115. The zero-order valence-electron chi connectivity index (χ0n) is 7.81. The molecule has 0 radical (unpaired) electrons. The number of hydrogen-bond donors (Lipinski definition) is 1. The molecule has 70 valence electrons. The van der Waals surface area contributed by atoms with Crippen molar-refractivity contribution in [2.24, 2.45) is 0 Å². The van der Waals surface area contributed by atoms with Crippen LogP contribution < -0.4 is 5.32 Å². The standard InChI is InChI=1S/C11H14FN/c1-2-11-10-4-3-9(12)7-8(10)5-6-13-11/h3-4,7,11,13H,2,5-6H2,1H3. The highest BCUT2D eigenvalue weighted by Gasteiger charge is 2.17. The second-order valence-corrected chi connectivity index (χ2v) is 3.51. The van der Waals surface area contributed by atoms with Crippen LogP contribution in [0.2, 0.25) is 0 Å². The lowest BCUT2D eigenvalue weighted by Gasteiger charge is -2.25. The average molecular weight is 179 g/mol. The molecule has 0 saturated carbocycles. The van der Waals surface area contributed by atoms with Crippen molar-refractivity contribution in [2.45, 2.75) is 25.8 Å². The first-order valence-electron chi connectivity index (χ1n) is 4.83. The topological polar surface area (TPSA) is 12.0 Å². The maximum Gasteiger partial charge on any atom is 0.123 e. The van der Waals surface area contributed by atoms with Crippen LogP contribution >= 0.6 is 0 Å². The van der Waals surface area contributed by atoms with Crippen molar-refractivity contribution in [2.75, 3.05) is 6.54 Å². The van der Waals surface area contributed by atoms with E-state index in [1.54, 1.807) is 12.1 Å². The fourth-order valence-corrected chi connectivity index (χ4v) is 1.99. The monoisotopic (exact) mass is 179 g/mol. The minimum absolute atomic E-state index is 0.115. The van der Waals surface area contributed by atoms with Crippen LogP contribution in [-0.4, -0.2) is 6.54 Å². The molecule has 13 heavy (non-hydrogen) atoms. The van der Waals surface area contributed by atoms with Crippen LogP contribution in [0.25, 0.3) is 0 Å². The van der Waals surface area contributed by atoms with E-state index in [4.69, 9.17) is 0 Å². The highest BCUT2D eigenvalue weighted by atomic mass is 19.1. The molecule has 0 aromatic heterocycles. The third-order valence-electron chi connectivity index (χ3n) is 2.67. The van der Waals surface area contributed by atoms with Crippen molar-refractivity contribution < 1.29 is 4.39 Å². The lowest BCUT2D eigenvalue weighted by molar-refractivity contribution is 0.489. The SMILES string of the molecule is CCC1NCCc2cc(F)ccc21. The Morgan fingerprint density at radius 1 is 1.54 bits per heavy atom. The van der Waals surface area contributed by atoms with E-state index in [-0.39, 0.29) is 5.82 Å². The third kappa shape index (κ3) is 1.59. The summed E-state index contributed by atoms with van der Waals surface area (Å²) in [6.45, 7) is 3.12. The summed E-state index contributed by atoms with van der Waals surface area (Å²) in [6, 6.07) is 5.54. The van der Waals surface area contributed by atoms with Crippen molar-refractivity contribution in [3.63, 3.8) is 0 Å². The molecule has 1 unspecified atom stereocenters. The molecular weight excluding hydrogens is 165 g/mol. The van der Waals surface area contributed by atoms with Gasteiger partial charge < -0.3 is 5.32 Å². The van der Waals surface area contributed by atoms with Gasteiger partial charge in [0.2, 0.25) is 0 Å². The van der Waals surface area contributed by atoms with Gasteiger partial charge in [-0.1, -0.05) is 13.0 Å². The Morgan fingerprint density at radius 2 is 2.38 bits per heavy atom.